The van der Waals surface area contributed by atoms with Crippen LogP contribution in [-0.4, -0.2) is 18.2 Å². The van der Waals surface area contributed by atoms with Gasteiger partial charge in [0, 0.05) is 5.69 Å². The molecule has 142 valence electrons. The first kappa shape index (κ1) is 18.3. The summed E-state index contributed by atoms with van der Waals surface area (Å²) < 4.78 is 43.0. The van der Waals surface area contributed by atoms with Gasteiger partial charge in [0.2, 0.25) is 0 Å². The van der Waals surface area contributed by atoms with Crippen molar-refractivity contribution in [1.29, 1.82) is 0 Å². The van der Waals surface area contributed by atoms with Gasteiger partial charge in [-0.3, -0.25) is 19.3 Å². The summed E-state index contributed by atoms with van der Waals surface area (Å²) in [6.07, 6.45) is 0. The Kier molecular flexibility index (Phi) is 4.44. The molecule has 0 aliphatic heterocycles. The molecule has 0 atom stereocenters. The zero-order valence-electron chi connectivity index (χ0n) is 14.2. The summed E-state index contributed by atoms with van der Waals surface area (Å²) in [6.45, 7) is 0. The Morgan fingerprint density at radius 3 is 2.50 bits per heavy atom. The van der Waals surface area contributed by atoms with Gasteiger partial charge >= 0.3 is 0 Å². The number of aromatic amines is 1. The Bertz CT molecular complexity index is 1350. The van der Waals surface area contributed by atoms with E-state index >= 15 is 0 Å². The van der Waals surface area contributed by atoms with Crippen molar-refractivity contribution in [2.24, 2.45) is 0 Å². The van der Waals surface area contributed by atoms with Crippen LogP contribution in [-0.2, 0) is 10.0 Å². The van der Waals surface area contributed by atoms with Crippen LogP contribution in [0.15, 0.2) is 76.4 Å². The summed E-state index contributed by atoms with van der Waals surface area (Å²) in [7, 11) is -4.22. The molecule has 6 nitrogen and oxygen atoms in total. The summed E-state index contributed by atoms with van der Waals surface area (Å²) in [5, 5.41) is 2.70. The van der Waals surface area contributed by atoms with Gasteiger partial charge in [0.1, 0.15) is 4.90 Å². The number of nitrogens with zero attached hydrogens (tertiary/aromatic N) is 1. The van der Waals surface area contributed by atoms with Gasteiger partial charge in [0.05, 0.1) is 21.6 Å². The van der Waals surface area contributed by atoms with Gasteiger partial charge in [0.15, 0.2) is 5.82 Å². The Labute approximate surface area is 164 Å². The number of rotatable bonds is 4. The fourth-order valence-corrected chi connectivity index (χ4v) is 4.26. The molecule has 0 radical (unpaired) electrons. The highest BCUT2D eigenvalue weighted by Crippen LogP contribution is 2.25. The average Bonchev–Trinajstić information content (AvgIpc) is 3.00. The van der Waals surface area contributed by atoms with Gasteiger partial charge in [-0.25, -0.2) is 12.8 Å². The summed E-state index contributed by atoms with van der Waals surface area (Å²) in [4.78, 5) is 11.8. The fourth-order valence-electron chi connectivity index (χ4n) is 2.88. The summed E-state index contributed by atoms with van der Waals surface area (Å²) in [6, 6.07) is 17.4. The Hall–Kier alpha value is -3.10. The van der Waals surface area contributed by atoms with Gasteiger partial charge < -0.3 is 0 Å². The van der Waals surface area contributed by atoms with Crippen molar-refractivity contribution in [3.63, 3.8) is 0 Å². The molecule has 0 unspecified atom stereocenters. The van der Waals surface area contributed by atoms with Crippen molar-refractivity contribution in [1.82, 2.24) is 9.78 Å². The lowest BCUT2D eigenvalue weighted by Gasteiger charge is -2.10. The van der Waals surface area contributed by atoms with E-state index in [1.54, 1.807) is 10.7 Å². The number of anilines is 1. The van der Waals surface area contributed by atoms with E-state index in [0.29, 0.717) is 5.52 Å². The van der Waals surface area contributed by atoms with E-state index in [1.165, 1.54) is 24.3 Å². The minimum absolute atomic E-state index is 0.128. The molecule has 0 fully saturated rings. The number of halogens is 2. The number of aromatic nitrogens is 2. The minimum atomic E-state index is -4.22. The second-order valence-corrected chi connectivity index (χ2v) is 8.06. The third kappa shape index (κ3) is 3.17. The van der Waals surface area contributed by atoms with E-state index in [2.05, 4.69) is 9.82 Å². The van der Waals surface area contributed by atoms with Crippen molar-refractivity contribution in [3.8, 4) is 5.69 Å². The molecule has 4 rings (SSSR count). The lowest BCUT2D eigenvalue weighted by Crippen LogP contribution is -2.15. The first-order valence-electron chi connectivity index (χ1n) is 8.14. The minimum Gasteiger partial charge on any atom is -0.280 e. The van der Waals surface area contributed by atoms with Gasteiger partial charge in [-0.1, -0.05) is 35.9 Å². The zero-order chi connectivity index (χ0) is 19.9. The van der Waals surface area contributed by atoms with Gasteiger partial charge in [0.25, 0.3) is 15.6 Å². The van der Waals surface area contributed by atoms with Crippen LogP contribution in [0.1, 0.15) is 0 Å². The van der Waals surface area contributed by atoms with Gasteiger partial charge in [-0.2, -0.15) is 0 Å². The molecule has 0 amide bonds. The normalized spacial score (nSPS) is 11.6. The van der Waals surface area contributed by atoms with Crippen LogP contribution in [0.5, 0.6) is 0 Å². The lowest BCUT2D eigenvalue weighted by atomic mass is 10.2. The van der Waals surface area contributed by atoms with Crippen LogP contribution in [0.2, 0.25) is 5.02 Å². The maximum Gasteiger partial charge on any atom is 0.272 e. The van der Waals surface area contributed by atoms with E-state index in [-0.39, 0.29) is 21.7 Å². The first-order chi connectivity index (χ1) is 13.4. The average molecular weight is 418 g/mol. The number of H-pyrrole nitrogens is 1. The summed E-state index contributed by atoms with van der Waals surface area (Å²) >= 11 is 5.67. The monoisotopic (exact) mass is 417 g/mol. The van der Waals surface area contributed by atoms with Crippen molar-refractivity contribution in [2.75, 3.05) is 4.72 Å². The maximum atomic E-state index is 14.1. The predicted molar refractivity (Wildman–Crippen MR) is 106 cm³/mol. The molecule has 4 aromatic rings. The van der Waals surface area contributed by atoms with E-state index in [1.807, 2.05) is 30.3 Å². The predicted octanol–water partition coefficient (Wildman–Crippen LogP) is 3.91. The molecule has 0 aliphatic carbocycles. The SMILES string of the molecule is O=c1[nH]n(-c2ccccc2)c2ccc(NS(=O)(=O)c3cccc(Cl)c3F)cc12. The molecule has 1 aromatic heterocycles. The van der Waals surface area contributed by atoms with Crippen LogP contribution >= 0.6 is 11.6 Å². The first-order valence-corrected chi connectivity index (χ1v) is 10.00. The highest BCUT2D eigenvalue weighted by atomic mass is 35.5. The number of sulfonamides is 1. The van der Waals surface area contributed by atoms with Crippen molar-refractivity contribution in [3.05, 3.63) is 87.9 Å². The smallest absolute Gasteiger partial charge is 0.272 e. The van der Waals surface area contributed by atoms with Crippen LogP contribution in [0, 0.1) is 5.82 Å². The third-order valence-electron chi connectivity index (χ3n) is 4.17. The van der Waals surface area contributed by atoms with Crippen LogP contribution in [0.4, 0.5) is 10.1 Å². The molecular formula is C19H13ClFN3O3S. The second kappa shape index (κ2) is 6.81. The van der Waals surface area contributed by atoms with Crippen molar-refractivity contribution >= 4 is 38.2 Å². The Morgan fingerprint density at radius 1 is 1.00 bits per heavy atom. The molecule has 0 aliphatic rings. The van der Waals surface area contributed by atoms with Crippen molar-refractivity contribution in [2.45, 2.75) is 4.90 Å². The number of hydrogen-bond donors (Lipinski definition) is 2. The van der Waals surface area contributed by atoms with Crippen LogP contribution < -0.4 is 10.3 Å². The van der Waals surface area contributed by atoms with E-state index < -0.39 is 20.7 Å². The van der Waals surface area contributed by atoms with Gasteiger partial charge in [-0.15, -0.1) is 0 Å². The molecule has 2 N–H and O–H groups in total. The second-order valence-electron chi connectivity index (χ2n) is 6.00. The standard InChI is InChI=1S/C19H13ClFN3O3S/c20-15-7-4-8-17(18(15)21)28(26,27)23-12-9-10-16-14(11-12)19(25)22-24(16)13-5-2-1-3-6-13/h1-11,23H,(H,22,25). The lowest BCUT2D eigenvalue weighted by molar-refractivity contribution is 0.570. The number of benzene rings is 3. The molecule has 0 saturated heterocycles. The number of para-hydroxylation sites is 1. The molecule has 1 heterocycles. The summed E-state index contributed by atoms with van der Waals surface area (Å²) in [5.41, 5.74) is 1.08. The quantitative estimate of drug-likeness (QED) is 0.528. The topological polar surface area (TPSA) is 84.0 Å². The molecule has 0 bridgehead atoms. The van der Waals surface area contributed by atoms with E-state index in [0.717, 1.165) is 11.8 Å². The van der Waals surface area contributed by atoms with Crippen molar-refractivity contribution < 1.29 is 12.8 Å². The highest BCUT2D eigenvalue weighted by Gasteiger charge is 2.21. The number of nitrogens with one attached hydrogen (secondary N) is 2. The van der Waals surface area contributed by atoms with E-state index in [4.69, 9.17) is 11.6 Å². The Morgan fingerprint density at radius 2 is 1.75 bits per heavy atom. The van der Waals surface area contributed by atoms with E-state index in [9.17, 15) is 17.6 Å². The van der Waals surface area contributed by atoms with Crippen LogP contribution in [0.3, 0.4) is 0 Å². The molecule has 9 heteroatoms. The maximum absolute atomic E-state index is 14.1. The molecule has 3 aromatic carbocycles. The number of fused-ring (bicyclic) bond motifs is 1. The largest absolute Gasteiger partial charge is 0.280 e. The fraction of sp³-hybridized carbons (Fsp3) is 0. The summed E-state index contributed by atoms with van der Waals surface area (Å²) in [5.74, 6) is -1.04. The number of hydrogen-bond acceptors (Lipinski definition) is 3. The zero-order valence-corrected chi connectivity index (χ0v) is 15.8. The van der Waals surface area contributed by atoms with Crippen LogP contribution in [0.25, 0.3) is 16.6 Å². The molecule has 0 saturated carbocycles. The van der Waals surface area contributed by atoms with Gasteiger partial charge in [-0.05, 0) is 42.5 Å². The molecular weight excluding hydrogens is 405 g/mol. The molecule has 0 spiro atoms. The highest BCUT2D eigenvalue weighted by molar-refractivity contribution is 7.92. The Balaban J connectivity index is 1.76. The molecule has 28 heavy (non-hydrogen) atoms. The third-order valence-corrected chi connectivity index (χ3v) is 5.86.